The van der Waals surface area contributed by atoms with Crippen molar-refractivity contribution in [2.75, 3.05) is 6.54 Å². The minimum atomic E-state index is -0.106. The van der Waals surface area contributed by atoms with Crippen LogP contribution >= 0.6 is 0 Å². The highest BCUT2D eigenvalue weighted by atomic mass is 16.1. The van der Waals surface area contributed by atoms with E-state index in [1.165, 1.54) is 5.57 Å². The summed E-state index contributed by atoms with van der Waals surface area (Å²) in [7, 11) is 0. The van der Waals surface area contributed by atoms with E-state index in [1.807, 2.05) is 39.1 Å². The molecule has 1 aliphatic heterocycles. The lowest BCUT2D eigenvalue weighted by molar-refractivity contribution is -0.118. The van der Waals surface area contributed by atoms with Crippen LogP contribution in [-0.2, 0) is 4.79 Å². The molecule has 19 heavy (non-hydrogen) atoms. The van der Waals surface area contributed by atoms with Gasteiger partial charge < -0.3 is 5.32 Å². The van der Waals surface area contributed by atoms with Gasteiger partial charge in [-0.25, -0.2) is 0 Å². The Hall–Kier alpha value is -1.48. The molecule has 0 bridgehead atoms. The van der Waals surface area contributed by atoms with Crippen molar-refractivity contribution in [2.24, 2.45) is 10.9 Å². The second-order valence-electron chi connectivity index (χ2n) is 4.40. The third kappa shape index (κ3) is 4.00. The van der Waals surface area contributed by atoms with Gasteiger partial charge in [-0.3, -0.25) is 9.79 Å². The van der Waals surface area contributed by atoms with Gasteiger partial charge in [0.1, 0.15) is 5.78 Å². The van der Waals surface area contributed by atoms with Crippen LogP contribution in [0.4, 0.5) is 0 Å². The maximum Gasteiger partial charge on any atom is 0.147 e. The molecule has 2 atom stereocenters. The van der Waals surface area contributed by atoms with Crippen LogP contribution < -0.4 is 5.32 Å². The fraction of sp³-hybridized carbons (Fsp3) is 0.500. The summed E-state index contributed by atoms with van der Waals surface area (Å²) in [4.78, 5) is 16.0. The smallest absolute Gasteiger partial charge is 0.147 e. The van der Waals surface area contributed by atoms with Crippen molar-refractivity contribution in [1.29, 1.82) is 0 Å². The third-order valence-corrected chi connectivity index (χ3v) is 3.16. The number of carbonyl (C=O) groups excluding carboxylic acids is 1. The van der Waals surface area contributed by atoms with Crippen LogP contribution in [0.5, 0.6) is 0 Å². The molecule has 0 aromatic rings. The molecule has 3 nitrogen and oxygen atoms in total. The number of nitrogens with zero attached hydrogens (tertiary/aromatic N) is 1. The maximum absolute atomic E-state index is 11.5. The fourth-order valence-electron chi connectivity index (χ4n) is 2.22. The second-order valence-corrected chi connectivity index (χ2v) is 4.40. The van der Waals surface area contributed by atoms with Gasteiger partial charge in [-0.1, -0.05) is 45.1 Å². The average Bonchev–Trinajstić information content (AvgIpc) is 2.84. The number of nitrogens with one attached hydrogen (secondary N) is 1. The standard InChI is InChI=1S/C14H18N2O.C2H6/c1-3-15-13(10(2)17)8-14-12-7-5-4-6-11(12)9-16-14;1-2/h4-7,9,12-13,15H,3,8H2,1-2H3;1-2H3. The second kappa shape index (κ2) is 7.85. The lowest BCUT2D eigenvalue weighted by atomic mass is 9.89. The minimum absolute atomic E-state index is 0.106. The largest absolute Gasteiger partial charge is 0.307 e. The molecule has 2 unspecified atom stereocenters. The van der Waals surface area contributed by atoms with Gasteiger partial charge in [0.15, 0.2) is 0 Å². The molecule has 0 amide bonds. The van der Waals surface area contributed by atoms with Crippen LogP contribution in [-0.4, -0.2) is 24.1 Å². The Morgan fingerprint density at radius 2 is 2.16 bits per heavy atom. The highest BCUT2D eigenvalue weighted by Gasteiger charge is 2.26. The summed E-state index contributed by atoms with van der Waals surface area (Å²) in [5.74, 6) is 0.457. The van der Waals surface area contributed by atoms with Gasteiger partial charge in [-0.05, 0) is 19.0 Å². The van der Waals surface area contributed by atoms with Gasteiger partial charge in [-0.15, -0.1) is 0 Å². The summed E-state index contributed by atoms with van der Waals surface area (Å²) in [5.41, 5.74) is 2.31. The number of carbonyl (C=O) groups is 1. The van der Waals surface area contributed by atoms with Crippen molar-refractivity contribution in [2.45, 2.75) is 40.2 Å². The number of hydrogen-bond acceptors (Lipinski definition) is 3. The van der Waals surface area contributed by atoms with E-state index in [0.29, 0.717) is 6.42 Å². The monoisotopic (exact) mass is 260 g/mol. The summed E-state index contributed by atoms with van der Waals surface area (Å²) in [5, 5.41) is 3.21. The zero-order valence-corrected chi connectivity index (χ0v) is 12.3. The molecule has 0 fully saturated rings. The van der Waals surface area contributed by atoms with E-state index < -0.39 is 0 Å². The Labute approximate surface area is 116 Å². The summed E-state index contributed by atoms with van der Waals surface area (Å²) in [6, 6.07) is -0.106. The molecule has 0 saturated heterocycles. The first-order chi connectivity index (χ1) is 9.22. The Bertz CT molecular complexity index is 430. The van der Waals surface area contributed by atoms with E-state index >= 15 is 0 Å². The molecule has 0 saturated carbocycles. The normalized spacial score (nSPS) is 20.9. The van der Waals surface area contributed by atoms with E-state index in [0.717, 1.165) is 12.3 Å². The van der Waals surface area contributed by atoms with Crippen LogP contribution in [0.25, 0.3) is 0 Å². The van der Waals surface area contributed by atoms with Crippen molar-refractivity contribution in [1.82, 2.24) is 5.32 Å². The van der Waals surface area contributed by atoms with Gasteiger partial charge in [-0.2, -0.15) is 0 Å². The van der Waals surface area contributed by atoms with Gasteiger partial charge in [0, 0.05) is 24.3 Å². The molecular weight excluding hydrogens is 236 g/mol. The predicted molar refractivity (Wildman–Crippen MR) is 81.4 cm³/mol. The van der Waals surface area contributed by atoms with E-state index in [9.17, 15) is 4.79 Å². The Morgan fingerprint density at radius 3 is 2.79 bits per heavy atom. The third-order valence-electron chi connectivity index (χ3n) is 3.16. The fourth-order valence-corrected chi connectivity index (χ4v) is 2.22. The summed E-state index contributed by atoms with van der Waals surface area (Å²) < 4.78 is 0. The zero-order valence-electron chi connectivity index (χ0n) is 12.3. The van der Waals surface area contributed by atoms with E-state index in [-0.39, 0.29) is 17.7 Å². The number of ketones is 1. The molecule has 0 aromatic heterocycles. The van der Waals surface area contributed by atoms with Crippen molar-refractivity contribution < 1.29 is 4.79 Å². The van der Waals surface area contributed by atoms with Gasteiger partial charge in [0.25, 0.3) is 0 Å². The zero-order chi connectivity index (χ0) is 14.3. The molecule has 0 spiro atoms. The molecule has 1 aliphatic carbocycles. The average molecular weight is 260 g/mol. The van der Waals surface area contributed by atoms with E-state index in [2.05, 4.69) is 22.5 Å². The topological polar surface area (TPSA) is 41.5 Å². The predicted octanol–water partition coefficient (Wildman–Crippen LogP) is 3.05. The van der Waals surface area contributed by atoms with Crippen molar-refractivity contribution in [3.63, 3.8) is 0 Å². The summed E-state index contributed by atoms with van der Waals surface area (Å²) in [6.07, 6.45) is 10.9. The first kappa shape index (κ1) is 15.6. The first-order valence-electron chi connectivity index (χ1n) is 7.07. The Balaban J connectivity index is 0.000000861. The Morgan fingerprint density at radius 1 is 1.42 bits per heavy atom. The van der Waals surface area contributed by atoms with Crippen LogP contribution in [0, 0.1) is 5.92 Å². The van der Waals surface area contributed by atoms with Crippen LogP contribution in [0.3, 0.4) is 0 Å². The quantitative estimate of drug-likeness (QED) is 0.825. The number of likely N-dealkylation sites (N-methyl/N-ethyl adjacent to an activating group) is 1. The molecule has 2 rings (SSSR count). The molecule has 1 heterocycles. The maximum atomic E-state index is 11.5. The lowest BCUT2D eigenvalue weighted by Gasteiger charge is -2.19. The highest BCUT2D eigenvalue weighted by molar-refractivity contribution is 5.98. The van der Waals surface area contributed by atoms with E-state index in [1.54, 1.807) is 6.92 Å². The molecule has 3 heteroatoms. The molecule has 0 aromatic carbocycles. The molecule has 1 N–H and O–H groups in total. The molecule has 104 valence electrons. The van der Waals surface area contributed by atoms with Gasteiger partial charge >= 0.3 is 0 Å². The van der Waals surface area contributed by atoms with Crippen LogP contribution in [0.2, 0.25) is 0 Å². The first-order valence-corrected chi connectivity index (χ1v) is 7.07. The number of rotatable bonds is 5. The Kier molecular flexibility index (Phi) is 6.43. The highest BCUT2D eigenvalue weighted by Crippen LogP contribution is 2.27. The van der Waals surface area contributed by atoms with Gasteiger partial charge in [0.2, 0.25) is 0 Å². The minimum Gasteiger partial charge on any atom is -0.307 e. The summed E-state index contributed by atoms with van der Waals surface area (Å²) >= 11 is 0. The lowest BCUT2D eigenvalue weighted by Crippen LogP contribution is -2.38. The number of hydrogen-bond donors (Lipinski definition) is 1. The van der Waals surface area contributed by atoms with E-state index in [4.69, 9.17) is 0 Å². The number of fused-ring (bicyclic) bond motifs is 1. The van der Waals surface area contributed by atoms with Crippen LogP contribution in [0.1, 0.15) is 34.1 Å². The molecule has 0 radical (unpaired) electrons. The molecule has 2 aliphatic rings. The van der Waals surface area contributed by atoms with Crippen LogP contribution in [0.15, 0.2) is 41.1 Å². The number of allylic oxidation sites excluding steroid dienone is 5. The summed E-state index contributed by atoms with van der Waals surface area (Å²) in [6.45, 7) is 8.45. The SMILES string of the molecule is CC.CCNC(CC1=NC=C2C=CC=CC21)C(C)=O. The van der Waals surface area contributed by atoms with Crippen molar-refractivity contribution >= 4 is 11.5 Å². The molecular formula is C16H24N2O. The van der Waals surface area contributed by atoms with Crippen molar-refractivity contribution in [3.05, 3.63) is 36.1 Å². The number of Topliss-reactive ketones (excluding diaryl/α,β-unsaturated/α-hetero) is 1. The van der Waals surface area contributed by atoms with Crippen molar-refractivity contribution in [3.8, 4) is 0 Å². The number of aliphatic imine (C=N–C) groups is 1. The van der Waals surface area contributed by atoms with Gasteiger partial charge in [0.05, 0.1) is 6.04 Å².